The van der Waals surface area contributed by atoms with Crippen molar-refractivity contribution < 1.29 is 35.4 Å². The smallest absolute Gasteiger partial charge is 0.351 e. The number of rotatable bonds is 22. The Labute approximate surface area is 180 Å². The summed E-state index contributed by atoms with van der Waals surface area (Å²) in [7, 11) is -5.96. The predicted molar refractivity (Wildman–Crippen MR) is 116 cm³/mol. The maximum Gasteiger partial charge on any atom is 0.679 e. The Hall–Kier alpha value is 0.114. The Morgan fingerprint density at radius 2 is 0.586 bits per heavy atom. The molecule has 0 spiro atoms. The van der Waals surface area contributed by atoms with Crippen molar-refractivity contribution in [2.45, 2.75) is 73.6 Å². The molecule has 0 aliphatic carbocycles. The molecule has 0 fully saturated rings. The van der Waals surface area contributed by atoms with Crippen molar-refractivity contribution in [1.82, 2.24) is 0 Å². The number of unbranched alkanes of at least 4 members (excludes halogenated alkanes) is 4. The highest BCUT2D eigenvalue weighted by molar-refractivity contribution is 6.53. The summed E-state index contributed by atoms with van der Waals surface area (Å²) < 4.78 is 45.9. The third-order valence-electron chi connectivity index (χ3n) is 3.77. The Morgan fingerprint density at radius 3 is 0.828 bits per heavy atom. The van der Waals surface area contributed by atoms with E-state index in [0.717, 1.165) is 32.1 Å². The molecule has 0 radical (unpaired) electrons. The molecule has 0 saturated heterocycles. The zero-order chi connectivity index (χ0) is 21.8. The SMILES string of the molecule is CCO[Si](OCC)(OCC)OCCCCCCCO[Si](OCC)(OCC)OCC. The molecule has 0 heterocycles. The van der Waals surface area contributed by atoms with Gasteiger partial charge in [0.15, 0.2) is 0 Å². The fraction of sp³-hybridized carbons (Fsp3) is 1.00. The second-order valence-electron chi connectivity index (χ2n) is 6.06. The molecular weight excluding hydrogens is 412 g/mol. The van der Waals surface area contributed by atoms with Gasteiger partial charge < -0.3 is 35.4 Å². The fourth-order valence-corrected chi connectivity index (χ4v) is 6.60. The fourth-order valence-electron chi connectivity index (χ4n) is 2.69. The highest BCUT2D eigenvalue weighted by Gasteiger charge is 2.45. The van der Waals surface area contributed by atoms with E-state index in [-0.39, 0.29) is 0 Å². The van der Waals surface area contributed by atoms with Gasteiger partial charge in [-0.05, 0) is 54.4 Å². The van der Waals surface area contributed by atoms with Crippen LogP contribution >= 0.6 is 0 Å². The summed E-state index contributed by atoms with van der Waals surface area (Å²) in [6, 6.07) is 0. The van der Waals surface area contributed by atoms with Gasteiger partial charge in [-0.3, -0.25) is 0 Å². The second-order valence-corrected chi connectivity index (χ2v) is 10.4. The normalized spacial score (nSPS) is 12.6. The van der Waals surface area contributed by atoms with Crippen LogP contribution in [-0.2, 0) is 35.4 Å². The zero-order valence-corrected chi connectivity index (χ0v) is 21.5. The lowest BCUT2D eigenvalue weighted by Crippen LogP contribution is -2.49. The van der Waals surface area contributed by atoms with Crippen LogP contribution in [0.25, 0.3) is 0 Å². The Kier molecular flexibility index (Phi) is 18.9. The molecule has 0 bridgehead atoms. The molecule has 0 aromatic carbocycles. The minimum atomic E-state index is -2.98. The lowest BCUT2D eigenvalue weighted by molar-refractivity contribution is -0.0282. The van der Waals surface area contributed by atoms with Crippen molar-refractivity contribution >= 4 is 18.1 Å². The first-order valence-corrected chi connectivity index (χ1v) is 14.5. The summed E-state index contributed by atoms with van der Waals surface area (Å²) in [6.07, 6.45) is 5.13. The van der Waals surface area contributed by atoms with E-state index in [1.807, 2.05) is 41.5 Å². The highest BCUT2D eigenvalue weighted by atomic mass is 28.4. The van der Waals surface area contributed by atoms with Gasteiger partial charge in [-0.25, -0.2) is 0 Å². The molecule has 0 N–H and O–H groups in total. The van der Waals surface area contributed by atoms with Crippen molar-refractivity contribution in [3.8, 4) is 0 Å². The van der Waals surface area contributed by atoms with E-state index in [1.165, 1.54) is 0 Å². The van der Waals surface area contributed by atoms with Crippen LogP contribution in [0.3, 0.4) is 0 Å². The van der Waals surface area contributed by atoms with Gasteiger partial charge in [-0.1, -0.05) is 19.3 Å². The standard InChI is InChI=1S/C19H44O8Si2/c1-7-20-28(21-8-2,22-9-3)26-18-16-14-13-15-17-19-27-29(23-10-4,24-11-5)25-12-6/h7-19H2,1-6H3. The summed E-state index contributed by atoms with van der Waals surface area (Å²) in [5.74, 6) is 0. The molecule has 10 heteroatoms. The van der Waals surface area contributed by atoms with Gasteiger partial charge in [0.2, 0.25) is 0 Å². The Balaban J connectivity index is 4.05. The van der Waals surface area contributed by atoms with Crippen LogP contribution in [0.4, 0.5) is 0 Å². The van der Waals surface area contributed by atoms with Crippen LogP contribution in [0.5, 0.6) is 0 Å². The van der Waals surface area contributed by atoms with Gasteiger partial charge in [0, 0.05) is 52.9 Å². The molecule has 0 saturated carbocycles. The summed E-state index contributed by atoms with van der Waals surface area (Å²) in [4.78, 5) is 0. The number of hydrogen-bond acceptors (Lipinski definition) is 8. The molecule has 29 heavy (non-hydrogen) atoms. The quantitative estimate of drug-likeness (QED) is 0.178. The van der Waals surface area contributed by atoms with E-state index in [0.29, 0.717) is 52.9 Å². The highest BCUT2D eigenvalue weighted by Crippen LogP contribution is 2.15. The summed E-state index contributed by atoms with van der Waals surface area (Å²) in [5, 5.41) is 0. The lowest BCUT2D eigenvalue weighted by atomic mass is 10.2. The van der Waals surface area contributed by atoms with Crippen LogP contribution in [-0.4, -0.2) is 71.0 Å². The average molecular weight is 457 g/mol. The van der Waals surface area contributed by atoms with Gasteiger partial charge in [0.05, 0.1) is 0 Å². The Morgan fingerprint density at radius 1 is 0.345 bits per heavy atom. The minimum absolute atomic E-state index is 0.516. The number of hydrogen-bond donors (Lipinski definition) is 0. The van der Waals surface area contributed by atoms with E-state index in [1.54, 1.807) is 0 Å². The summed E-state index contributed by atoms with van der Waals surface area (Å²) in [5.41, 5.74) is 0. The van der Waals surface area contributed by atoms with Crippen LogP contribution < -0.4 is 0 Å². The van der Waals surface area contributed by atoms with Crippen LogP contribution in [0.15, 0.2) is 0 Å². The maximum absolute atomic E-state index is 5.91. The van der Waals surface area contributed by atoms with Crippen molar-refractivity contribution in [2.75, 3.05) is 52.9 Å². The Bertz CT molecular complexity index is 297. The monoisotopic (exact) mass is 456 g/mol. The summed E-state index contributed by atoms with van der Waals surface area (Å²) >= 11 is 0. The van der Waals surface area contributed by atoms with E-state index in [4.69, 9.17) is 35.4 Å². The summed E-state index contributed by atoms with van der Waals surface area (Å²) in [6.45, 7) is 15.8. The van der Waals surface area contributed by atoms with Gasteiger partial charge in [-0.2, -0.15) is 0 Å². The predicted octanol–water partition coefficient (Wildman–Crippen LogP) is 4.06. The van der Waals surface area contributed by atoms with E-state index in [2.05, 4.69) is 0 Å². The van der Waals surface area contributed by atoms with Crippen LogP contribution in [0.1, 0.15) is 73.6 Å². The second kappa shape index (κ2) is 18.8. The van der Waals surface area contributed by atoms with Crippen LogP contribution in [0, 0.1) is 0 Å². The minimum Gasteiger partial charge on any atom is -0.351 e. The van der Waals surface area contributed by atoms with Crippen LogP contribution in [0.2, 0.25) is 0 Å². The molecule has 0 aromatic rings. The van der Waals surface area contributed by atoms with Crippen molar-refractivity contribution in [2.24, 2.45) is 0 Å². The molecule has 0 atom stereocenters. The van der Waals surface area contributed by atoms with Gasteiger partial charge in [0.1, 0.15) is 0 Å². The molecule has 0 unspecified atom stereocenters. The average Bonchev–Trinajstić information content (AvgIpc) is 2.68. The molecule has 0 aliphatic heterocycles. The van der Waals surface area contributed by atoms with Crippen molar-refractivity contribution in [3.63, 3.8) is 0 Å². The third kappa shape index (κ3) is 13.2. The van der Waals surface area contributed by atoms with E-state index >= 15 is 0 Å². The molecule has 0 amide bonds. The molecule has 176 valence electrons. The van der Waals surface area contributed by atoms with E-state index in [9.17, 15) is 0 Å². The molecule has 0 rings (SSSR count). The topological polar surface area (TPSA) is 73.8 Å². The zero-order valence-electron chi connectivity index (χ0n) is 19.5. The molecule has 0 aliphatic rings. The first-order valence-electron chi connectivity index (χ1n) is 11.2. The lowest BCUT2D eigenvalue weighted by Gasteiger charge is -2.27. The van der Waals surface area contributed by atoms with E-state index < -0.39 is 18.1 Å². The first kappa shape index (κ1) is 29.1. The van der Waals surface area contributed by atoms with Crippen molar-refractivity contribution in [3.05, 3.63) is 0 Å². The third-order valence-corrected chi connectivity index (χ3v) is 8.74. The van der Waals surface area contributed by atoms with Crippen molar-refractivity contribution in [1.29, 1.82) is 0 Å². The van der Waals surface area contributed by atoms with Gasteiger partial charge in [-0.15, -0.1) is 0 Å². The molecule has 8 nitrogen and oxygen atoms in total. The largest absolute Gasteiger partial charge is 0.679 e. The van der Waals surface area contributed by atoms with Gasteiger partial charge in [0.25, 0.3) is 0 Å². The van der Waals surface area contributed by atoms with Gasteiger partial charge >= 0.3 is 18.1 Å². The first-order chi connectivity index (χ1) is 14.1. The maximum atomic E-state index is 5.91. The molecule has 0 aromatic heterocycles. The molecular formula is C19H44O8Si2.